The molecule has 1 aliphatic heterocycles. The summed E-state index contributed by atoms with van der Waals surface area (Å²) in [5.74, 6) is -1.39. The van der Waals surface area contributed by atoms with E-state index >= 15 is 0 Å². The zero-order valence-corrected chi connectivity index (χ0v) is 21.2. The lowest BCUT2D eigenvalue weighted by atomic mass is 10.1. The van der Waals surface area contributed by atoms with Gasteiger partial charge in [0.2, 0.25) is 5.88 Å². The molecule has 3 aromatic rings. The Bertz CT molecular complexity index is 1270. The SMILES string of the molecule is CC1CN(C(=O)COc2ccc(Cl)cc2Oc2ncccc2C(=O)O)C(C)CN1Cc1ccc(F)cc1. The lowest BCUT2D eigenvalue weighted by Gasteiger charge is -2.44. The maximum absolute atomic E-state index is 13.2. The molecular formula is C27H27ClFN3O5. The van der Waals surface area contributed by atoms with Gasteiger partial charge in [0, 0.05) is 49.0 Å². The van der Waals surface area contributed by atoms with Crippen LogP contribution in [0.3, 0.4) is 0 Å². The van der Waals surface area contributed by atoms with Crippen LogP contribution < -0.4 is 9.47 Å². The second-order valence-corrected chi connectivity index (χ2v) is 9.38. The minimum Gasteiger partial charge on any atom is -0.480 e. The molecule has 2 unspecified atom stereocenters. The van der Waals surface area contributed by atoms with Gasteiger partial charge in [-0.15, -0.1) is 0 Å². The average Bonchev–Trinajstić information content (AvgIpc) is 2.87. The van der Waals surface area contributed by atoms with Crippen LogP contribution in [-0.4, -0.2) is 63.5 Å². The summed E-state index contributed by atoms with van der Waals surface area (Å²) in [6.45, 7) is 5.64. The average molecular weight is 528 g/mol. The number of carbonyl (C=O) groups excluding carboxylic acids is 1. The highest BCUT2D eigenvalue weighted by Crippen LogP contribution is 2.34. The van der Waals surface area contributed by atoms with Crippen molar-refractivity contribution in [3.63, 3.8) is 0 Å². The summed E-state index contributed by atoms with van der Waals surface area (Å²) < 4.78 is 24.8. The van der Waals surface area contributed by atoms with Gasteiger partial charge in [-0.1, -0.05) is 23.7 Å². The largest absolute Gasteiger partial charge is 0.480 e. The number of carboxylic acid groups (broad SMARTS) is 1. The van der Waals surface area contributed by atoms with Gasteiger partial charge >= 0.3 is 5.97 Å². The molecule has 10 heteroatoms. The summed E-state index contributed by atoms with van der Waals surface area (Å²) in [6, 6.07) is 14.0. The van der Waals surface area contributed by atoms with Crippen LogP contribution in [0, 0.1) is 5.82 Å². The van der Waals surface area contributed by atoms with Gasteiger partial charge < -0.3 is 19.5 Å². The topological polar surface area (TPSA) is 92.2 Å². The van der Waals surface area contributed by atoms with Crippen molar-refractivity contribution in [3.05, 3.63) is 82.8 Å². The van der Waals surface area contributed by atoms with Crippen molar-refractivity contribution in [1.29, 1.82) is 0 Å². The zero-order valence-electron chi connectivity index (χ0n) is 20.4. The second kappa shape index (κ2) is 11.6. The molecule has 4 rings (SSSR count). The van der Waals surface area contributed by atoms with Gasteiger partial charge in [-0.3, -0.25) is 9.69 Å². The molecule has 0 bridgehead atoms. The highest BCUT2D eigenvalue weighted by atomic mass is 35.5. The first kappa shape index (κ1) is 26.4. The summed E-state index contributed by atoms with van der Waals surface area (Å²) in [5, 5.41) is 9.75. The third kappa shape index (κ3) is 6.55. The summed E-state index contributed by atoms with van der Waals surface area (Å²) in [6.07, 6.45) is 1.41. The quantitative estimate of drug-likeness (QED) is 0.447. The molecule has 1 amide bonds. The molecule has 1 aromatic heterocycles. The molecule has 0 spiro atoms. The van der Waals surface area contributed by atoms with Gasteiger partial charge in [0.05, 0.1) is 0 Å². The monoisotopic (exact) mass is 527 g/mol. The van der Waals surface area contributed by atoms with E-state index in [-0.39, 0.29) is 53.4 Å². The molecule has 2 aromatic carbocycles. The fourth-order valence-corrected chi connectivity index (χ4v) is 4.39. The number of carboxylic acids is 1. The fraction of sp³-hybridized carbons (Fsp3) is 0.296. The Morgan fingerprint density at radius 1 is 1.08 bits per heavy atom. The summed E-state index contributed by atoms with van der Waals surface area (Å²) >= 11 is 6.11. The lowest BCUT2D eigenvalue weighted by molar-refractivity contribution is -0.139. The Morgan fingerprint density at radius 2 is 1.84 bits per heavy atom. The van der Waals surface area contributed by atoms with E-state index in [1.54, 1.807) is 29.2 Å². The minimum absolute atomic E-state index is 0.0552. The number of pyridine rings is 1. The van der Waals surface area contributed by atoms with E-state index in [4.69, 9.17) is 21.1 Å². The number of halogens is 2. The van der Waals surface area contributed by atoms with Crippen molar-refractivity contribution in [2.24, 2.45) is 0 Å². The number of piperazine rings is 1. The van der Waals surface area contributed by atoms with Gasteiger partial charge in [0.15, 0.2) is 18.1 Å². The van der Waals surface area contributed by atoms with Gasteiger partial charge in [0.25, 0.3) is 5.91 Å². The van der Waals surface area contributed by atoms with Crippen molar-refractivity contribution in [3.8, 4) is 17.4 Å². The first-order valence-electron chi connectivity index (χ1n) is 11.8. The Kier molecular flexibility index (Phi) is 8.25. The van der Waals surface area contributed by atoms with Gasteiger partial charge in [-0.25, -0.2) is 14.2 Å². The van der Waals surface area contributed by atoms with Crippen LogP contribution in [0.25, 0.3) is 0 Å². The van der Waals surface area contributed by atoms with Crippen molar-refractivity contribution in [2.75, 3.05) is 19.7 Å². The Hall–Kier alpha value is -3.69. The molecule has 8 nitrogen and oxygen atoms in total. The van der Waals surface area contributed by atoms with E-state index in [2.05, 4.69) is 16.8 Å². The normalized spacial score (nSPS) is 17.9. The first-order chi connectivity index (χ1) is 17.7. The Labute approximate surface area is 219 Å². The highest BCUT2D eigenvalue weighted by Gasteiger charge is 2.32. The fourth-order valence-electron chi connectivity index (χ4n) is 4.23. The number of benzene rings is 2. The molecule has 0 saturated carbocycles. The smallest absolute Gasteiger partial charge is 0.341 e. The van der Waals surface area contributed by atoms with E-state index in [1.807, 2.05) is 6.92 Å². The minimum atomic E-state index is -1.19. The highest BCUT2D eigenvalue weighted by molar-refractivity contribution is 6.30. The number of amides is 1. The number of hydrogen-bond acceptors (Lipinski definition) is 6. The summed E-state index contributed by atoms with van der Waals surface area (Å²) in [5.41, 5.74) is 0.892. The molecule has 0 aliphatic carbocycles. The van der Waals surface area contributed by atoms with Crippen LogP contribution in [0.1, 0.15) is 29.8 Å². The van der Waals surface area contributed by atoms with Crippen LogP contribution in [0.2, 0.25) is 5.02 Å². The lowest BCUT2D eigenvalue weighted by Crippen LogP contribution is -2.58. The van der Waals surface area contributed by atoms with E-state index in [1.165, 1.54) is 36.5 Å². The number of carbonyl (C=O) groups is 2. The van der Waals surface area contributed by atoms with Crippen molar-refractivity contribution >= 4 is 23.5 Å². The number of ether oxygens (including phenoxy) is 2. The molecule has 1 aliphatic rings. The van der Waals surface area contributed by atoms with Gasteiger partial charge in [-0.2, -0.15) is 0 Å². The molecule has 2 heterocycles. The molecule has 194 valence electrons. The number of aromatic carboxylic acids is 1. The van der Waals surface area contributed by atoms with Gasteiger partial charge in [-0.05, 0) is 55.8 Å². The molecule has 2 atom stereocenters. The van der Waals surface area contributed by atoms with Crippen molar-refractivity contribution in [1.82, 2.24) is 14.8 Å². The van der Waals surface area contributed by atoms with E-state index < -0.39 is 5.97 Å². The van der Waals surface area contributed by atoms with E-state index in [9.17, 15) is 19.1 Å². The van der Waals surface area contributed by atoms with Crippen LogP contribution in [0.4, 0.5) is 4.39 Å². The summed E-state index contributed by atoms with van der Waals surface area (Å²) in [4.78, 5) is 32.6. The third-order valence-corrected chi connectivity index (χ3v) is 6.43. The molecular weight excluding hydrogens is 501 g/mol. The number of rotatable bonds is 8. The predicted molar refractivity (Wildman–Crippen MR) is 136 cm³/mol. The first-order valence-corrected chi connectivity index (χ1v) is 12.2. The van der Waals surface area contributed by atoms with Crippen molar-refractivity contribution in [2.45, 2.75) is 32.5 Å². The van der Waals surface area contributed by atoms with Gasteiger partial charge in [0.1, 0.15) is 11.4 Å². The third-order valence-electron chi connectivity index (χ3n) is 6.20. The Balaban J connectivity index is 1.40. The molecule has 1 N–H and O–H groups in total. The van der Waals surface area contributed by atoms with Crippen LogP contribution in [0.15, 0.2) is 60.8 Å². The number of aromatic nitrogens is 1. The molecule has 1 fully saturated rings. The van der Waals surface area contributed by atoms with Crippen LogP contribution >= 0.6 is 11.6 Å². The maximum Gasteiger partial charge on any atom is 0.341 e. The van der Waals surface area contributed by atoms with Crippen LogP contribution in [-0.2, 0) is 11.3 Å². The van der Waals surface area contributed by atoms with Crippen LogP contribution in [0.5, 0.6) is 17.4 Å². The van der Waals surface area contributed by atoms with E-state index in [0.29, 0.717) is 24.7 Å². The second-order valence-electron chi connectivity index (χ2n) is 8.94. The van der Waals surface area contributed by atoms with Crippen molar-refractivity contribution < 1.29 is 28.6 Å². The predicted octanol–water partition coefficient (Wildman–Crippen LogP) is 4.86. The summed E-state index contributed by atoms with van der Waals surface area (Å²) in [7, 11) is 0. The standard InChI is InChI=1S/C27H27ClFN3O5/c1-17-14-32(18(2)13-31(17)15-19-5-8-21(29)9-6-19)25(33)16-36-23-10-7-20(28)12-24(23)37-26-22(27(34)35)4-3-11-30-26/h3-12,17-18H,13-16H2,1-2H3,(H,34,35). The number of nitrogens with zero attached hydrogens (tertiary/aromatic N) is 3. The Morgan fingerprint density at radius 3 is 2.57 bits per heavy atom. The molecule has 1 saturated heterocycles. The maximum atomic E-state index is 13.2. The number of hydrogen-bond donors (Lipinski definition) is 1. The van der Waals surface area contributed by atoms with E-state index in [0.717, 1.165) is 5.56 Å². The molecule has 37 heavy (non-hydrogen) atoms. The molecule has 0 radical (unpaired) electrons. The zero-order chi connectivity index (χ0) is 26.5.